The van der Waals surface area contributed by atoms with Crippen LogP contribution in [0.25, 0.3) is 0 Å². The van der Waals surface area contributed by atoms with Crippen molar-refractivity contribution < 1.29 is 18.7 Å². The highest BCUT2D eigenvalue weighted by molar-refractivity contribution is 8.02. The first kappa shape index (κ1) is 17.6. The second kappa shape index (κ2) is 8.73. The van der Waals surface area contributed by atoms with E-state index >= 15 is 0 Å². The van der Waals surface area contributed by atoms with E-state index in [9.17, 15) is 9.59 Å². The van der Waals surface area contributed by atoms with Gasteiger partial charge in [-0.3, -0.25) is 9.59 Å². The van der Waals surface area contributed by atoms with Crippen LogP contribution in [0, 0.1) is 0 Å². The molecule has 2 aromatic rings. The van der Waals surface area contributed by atoms with E-state index in [1.807, 2.05) is 12.3 Å². The molecular formula is C15H18N2O4S2. The molecule has 2 aromatic heterocycles. The minimum absolute atomic E-state index is 0.0893. The predicted octanol–water partition coefficient (Wildman–Crippen LogP) is 2.64. The number of aromatic nitrogens is 1. The standard InChI is InChI=1S/C15H18N2O4S2/c1-3-20-13(18)7-11-9-22-15(17-11)23-10(2)14(19)16-8-12-5-4-6-21-12/h4-6,9-10H,3,7-8H2,1-2H3,(H,16,19). The minimum atomic E-state index is -0.293. The Bertz CT molecular complexity index is 640. The summed E-state index contributed by atoms with van der Waals surface area (Å²) in [5, 5.41) is 4.34. The van der Waals surface area contributed by atoms with E-state index in [2.05, 4.69) is 10.3 Å². The Hall–Kier alpha value is -1.80. The van der Waals surface area contributed by atoms with E-state index in [0.717, 1.165) is 4.34 Å². The van der Waals surface area contributed by atoms with Crippen molar-refractivity contribution in [3.63, 3.8) is 0 Å². The fourth-order valence-corrected chi connectivity index (χ4v) is 3.72. The van der Waals surface area contributed by atoms with Gasteiger partial charge < -0.3 is 14.5 Å². The number of rotatable bonds is 8. The molecule has 8 heteroatoms. The molecule has 0 saturated carbocycles. The number of nitrogens with zero attached hydrogens (tertiary/aromatic N) is 1. The Morgan fingerprint density at radius 3 is 3.04 bits per heavy atom. The molecule has 0 saturated heterocycles. The quantitative estimate of drug-likeness (QED) is 0.580. The number of esters is 1. The highest BCUT2D eigenvalue weighted by Crippen LogP contribution is 2.27. The first-order valence-corrected chi connectivity index (χ1v) is 8.91. The summed E-state index contributed by atoms with van der Waals surface area (Å²) in [7, 11) is 0. The zero-order chi connectivity index (χ0) is 16.7. The van der Waals surface area contributed by atoms with Crippen LogP contribution in [0.1, 0.15) is 25.3 Å². The SMILES string of the molecule is CCOC(=O)Cc1csc(SC(C)C(=O)NCc2ccco2)n1. The van der Waals surface area contributed by atoms with Crippen LogP contribution in [-0.4, -0.2) is 28.7 Å². The van der Waals surface area contributed by atoms with Gasteiger partial charge in [0, 0.05) is 5.38 Å². The average Bonchev–Trinajstić information content (AvgIpc) is 3.17. The second-order valence-corrected chi connectivity index (χ2v) is 7.09. The van der Waals surface area contributed by atoms with Gasteiger partial charge in [-0.1, -0.05) is 11.8 Å². The third-order valence-electron chi connectivity index (χ3n) is 2.83. The largest absolute Gasteiger partial charge is 0.467 e. The summed E-state index contributed by atoms with van der Waals surface area (Å²) in [6, 6.07) is 3.58. The van der Waals surface area contributed by atoms with Gasteiger partial charge in [0.2, 0.25) is 5.91 Å². The second-order valence-electron chi connectivity index (χ2n) is 4.64. The van der Waals surface area contributed by atoms with Gasteiger partial charge in [0.25, 0.3) is 0 Å². The summed E-state index contributed by atoms with van der Waals surface area (Å²) in [6.45, 7) is 4.30. The first-order valence-electron chi connectivity index (χ1n) is 7.15. The zero-order valence-electron chi connectivity index (χ0n) is 12.9. The molecule has 0 aromatic carbocycles. The molecule has 1 N–H and O–H groups in total. The maximum absolute atomic E-state index is 12.0. The molecule has 2 heterocycles. The number of carbonyl (C=O) groups is 2. The van der Waals surface area contributed by atoms with Gasteiger partial charge in [0.15, 0.2) is 4.34 Å². The maximum Gasteiger partial charge on any atom is 0.311 e. The molecule has 1 unspecified atom stereocenters. The lowest BCUT2D eigenvalue weighted by molar-refractivity contribution is -0.142. The molecule has 0 radical (unpaired) electrons. The Morgan fingerprint density at radius 2 is 2.35 bits per heavy atom. The summed E-state index contributed by atoms with van der Waals surface area (Å²) >= 11 is 2.78. The van der Waals surface area contributed by atoms with Crippen LogP contribution in [0.2, 0.25) is 0 Å². The number of carbonyl (C=O) groups excluding carboxylic acids is 2. The van der Waals surface area contributed by atoms with Crippen molar-refractivity contribution in [2.75, 3.05) is 6.61 Å². The Kier molecular flexibility index (Phi) is 6.66. The number of nitrogens with one attached hydrogen (secondary N) is 1. The van der Waals surface area contributed by atoms with Gasteiger partial charge in [-0.25, -0.2) is 4.98 Å². The van der Waals surface area contributed by atoms with Crippen LogP contribution in [-0.2, 0) is 27.3 Å². The van der Waals surface area contributed by atoms with Gasteiger partial charge in [-0.05, 0) is 26.0 Å². The van der Waals surface area contributed by atoms with Crippen LogP contribution >= 0.6 is 23.1 Å². The third-order valence-corrected chi connectivity index (χ3v) is 4.95. The molecule has 6 nitrogen and oxygen atoms in total. The van der Waals surface area contributed by atoms with Crippen molar-refractivity contribution in [2.24, 2.45) is 0 Å². The molecule has 1 amide bonds. The fourth-order valence-electron chi connectivity index (χ4n) is 1.72. The summed E-state index contributed by atoms with van der Waals surface area (Å²) in [6.07, 6.45) is 1.73. The summed E-state index contributed by atoms with van der Waals surface area (Å²) in [5.74, 6) is 0.327. The zero-order valence-corrected chi connectivity index (χ0v) is 14.5. The van der Waals surface area contributed by atoms with E-state index in [1.54, 1.807) is 25.3 Å². The van der Waals surface area contributed by atoms with Crippen LogP contribution in [0.15, 0.2) is 32.5 Å². The van der Waals surface area contributed by atoms with Crippen LogP contribution in [0.3, 0.4) is 0 Å². The number of thiazole rings is 1. The minimum Gasteiger partial charge on any atom is -0.467 e. The van der Waals surface area contributed by atoms with E-state index < -0.39 is 0 Å². The number of hydrogen-bond acceptors (Lipinski definition) is 7. The topological polar surface area (TPSA) is 81.4 Å². The van der Waals surface area contributed by atoms with Crippen molar-refractivity contribution in [3.05, 3.63) is 35.2 Å². The number of furan rings is 1. The maximum atomic E-state index is 12.0. The van der Waals surface area contributed by atoms with Gasteiger partial charge >= 0.3 is 5.97 Å². The molecule has 0 spiro atoms. The predicted molar refractivity (Wildman–Crippen MR) is 88.3 cm³/mol. The van der Waals surface area contributed by atoms with Crippen molar-refractivity contribution >= 4 is 35.0 Å². The normalized spacial score (nSPS) is 11.9. The van der Waals surface area contributed by atoms with Crippen molar-refractivity contribution in [3.8, 4) is 0 Å². The van der Waals surface area contributed by atoms with Gasteiger partial charge in [-0.15, -0.1) is 11.3 Å². The lowest BCUT2D eigenvalue weighted by Crippen LogP contribution is -2.30. The Morgan fingerprint density at radius 1 is 1.52 bits per heavy atom. The lowest BCUT2D eigenvalue weighted by Gasteiger charge is -2.09. The molecule has 0 aliphatic heterocycles. The first-order chi connectivity index (χ1) is 11.1. The monoisotopic (exact) mass is 354 g/mol. The molecule has 0 fully saturated rings. The molecule has 0 bridgehead atoms. The van der Waals surface area contributed by atoms with E-state index in [0.29, 0.717) is 24.6 Å². The Labute approximate surface area is 142 Å². The van der Waals surface area contributed by atoms with Crippen molar-refractivity contribution in [1.29, 1.82) is 0 Å². The van der Waals surface area contributed by atoms with Crippen LogP contribution < -0.4 is 5.32 Å². The Balaban J connectivity index is 1.80. The molecule has 23 heavy (non-hydrogen) atoms. The molecule has 1 atom stereocenters. The highest BCUT2D eigenvalue weighted by Gasteiger charge is 2.17. The smallest absolute Gasteiger partial charge is 0.311 e. The number of thioether (sulfide) groups is 1. The molecular weight excluding hydrogens is 336 g/mol. The van der Waals surface area contributed by atoms with E-state index in [1.165, 1.54) is 23.1 Å². The number of amides is 1. The molecule has 0 aliphatic carbocycles. The van der Waals surface area contributed by atoms with E-state index in [-0.39, 0.29) is 23.5 Å². The third kappa shape index (κ3) is 5.72. The van der Waals surface area contributed by atoms with Crippen LogP contribution in [0.4, 0.5) is 0 Å². The van der Waals surface area contributed by atoms with Gasteiger partial charge in [0.1, 0.15) is 5.76 Å². The summed E-state index contributed by atoms with van der Waals surface area (Å²) in [5.41, 5.74) is 0.666. The number of hydrogen-bond donors (Lipinski definition) is 1. The van der Waals surface area contributed by atoms with E-state index in [4.69, 9.17) is 9.15 Å². The van der Waals surface area contributed by atoms with Gasteiger partial charge in [-0.2, -0.15) is 0 Å². The summed E-state index contributed by atoms with van der Waals surface area (Å²) in [4.78, 5) is 27.8. The fraction of sp³-hybridized carbons (Fsp3) is 0.400. The highest BCUT2D eigenvalue weighted by atomic mass is 32.2. The van der Waals surface area contributed by atoms with Crippen molar-refractivity contribution in [1.82, 2.24) is 10.3 Å². The van der Waals surface area contributed by atoms with Crippen molar-refractivity contribution in [2.45, 2.75) is 36.4 Å². The van der Waals surface area contributed by atoms with Gasteiger partial charge in [0.05, 0.1) is 36.8 Å². The lowest BCUT2D eigenvalue weighted by atomic mass is 10.3. The summed E-state index contributed by atoms with van der Waals surface area (Å²) < 4.78 is 10.8. The average molecular weight is 354 g/mol. The molecule has 124 valence electrons. The molecule has 0 aliphatic rings. The number of ether oxygens (including phenoxy) is 1. The molecule has 2 rings (SSSR count). The van der Waals surface area contributed by atoms with Crippen LogP contribution in [0.5, 0.6) is 0 Å².